The highest BCUT2D eigenvalue weighted by Gasteiger charge is 2.26. The molecule has 1 atom stereocenters. The minimum absolute atomic E-state index is 0.0622. The van der Waals surface area contributed by atoms with E-state index in [1.807, 2.05) is 17.0 Å². The quantitative estimate of drug-likeness (QED) is 0.836. The molecule has 1 aliphatic rings. The van der Waals surface area contributed by atoms with Crippen LogP contribution in [0.5, 0.6) is 5.75 Å². The van der Waals surface area contributed by atoms with Gasteiger partial charge in [0, 0.05) is 51.2 Å². The summed E-state index contributed by atoms with van der Waals surface area (Å²) in [5, 5.41) is 0. The van der Waals surface area contributed by atoms with Gasteiger partial charge in [-0.15, -0.1) is 0 Å². The van der Waals surface area contributed by atoms with Gasteiger partial charge in [-0.3, -0.25) is 14.7 Å². The smallest absolute Gasteiger partial charge is 0.263 e. The number of hydrogen-bond acceptors (Lipinski definition) is 4. The van der Waals surface area contributed by atoms with E-state index in [1.165, 1.54) is 17.7 Å². The number of benzene rings is 1. The first-order valence-electron chi connectivity index (χ1n) is 8.44. The van der Waals surface area contributed by atoms with Gasteiger partial charge in [0.25, 0.3) is 5.91 Å². The van der Waals surface area contributed by atoms with Crippen molar-refractivity contribution in [2.24, 2.45) is 0 Å². The first-order chi connectivity index (χ1) is 12.1. The lowest BCUT2D eigenvalue weighted by atomic mass is 10.2. The van der Waals surface area contributed by atoms with Crippen LogP contribution in [0, 0.1) is 5.82 Å². The second kappa shape index (κ2) is 8.07. The van der Waals surface area contributed by atoms with Crippen LogP contribution in [-0.2, 0) is 11.3 Å². The SMILES string of the molecule is CC(Oc1cccc(F)c1)C(=O)N1CCN(Cc2ccncc2)CC1. The average Bonchev–Trinajstić information content (AvgIpc) is 2.62. The Morgan fingerprint density at radius 2 is 1.92 bits per heavy atom. The van der Waals surface area contributed by atoms with Crippen LogP contribution in [0.15, 0.2) is 48.8 Å². The zero-order valence-corrected chi connectivity index (χ0v) is 14.3. The highest BCUT2D eigenvalue weighted by molar-refractivity contribution is 5.81. The largest absolute Gasteiger partial charge is 0.481 e. The summed E-state index contributed by atoms with van der Waals surface area (Å²) in [6, 6.07) is 9.87. The van der Waals surface area contributed by atoms with E-state index in [0.717, 1.165) is 19.6 Å². The van der Waals surface area contributed by atoms with Crippen molar-refractivity contribution in [3.05, 3.63) is 60.2 Å². The third kappa shape index (κ3) is 4.76. The molecule has 1 aromatic carbocycles. The van der Waals surface area contributed by atoms with Crippen LogP contribution in [0.4, 0.5) is 4.39 Å². The molecule has 0 saturated carbocycles. The van der Waals surface area contributed by atoms with Gasteiger partial charge in [0.05, 0.1) is 0 Å². The molecule has 0 bridgehead atoms. The molecule has 1 aliphatic heterocycles. The Morgan fingerprint density at radius 3 is 2.60 bits per heavy atom. The summed E-state index contributed by atoms with van der Waals surface area (Å²) in [6.45, 7) is 5.54. The molecule has 2 heterocycles. The van der Waals surface area contributed by atoms with Crippen LogP contribution >= 0.6 is 0 Å². The maximum absolute atomic E-state index is 13.2. The van der Waals surface area contributed by atoms with E-state index in [1.54, 1.807) is 31.5 Å². The van der Waals surface area contributed by atoms with Crippen molar-refractivity contribution in [2.45, 2.75) is 19.6 Å². The van der Waals surface area contributed by atoms with E-state index in [-0.39, 0.29) is 11.7 Å². The van der Waals surface area contributed by atoms with Gasteiger partial charge < -0.3 is 9.64 Å². The lowest BCUT2D eigenvalue weighted by molar-refractivity contribution is -0.139. The van der Waals surface area contributed by atoms with E-state index in [9.17, 15) is 9.18 Å². The molecule has 0 aliphatic carbocycles. The average molecular weight is 343 g/mol. The minimum atomic E-state index is -0.631. The molecule has 25 heavy (non-hydrogen) atoms. The molecule has 0 radical (unpaired) electrons. The first kappa shape index (κ1) is 17.4. The molecular weight excluding hydrogens is 321 g/mol. The molecule has 1 fully saturated rings. The van der Waals surface area contributed by atoms with Crippen LogP contribution in [-0.4, -0.2) is 53.0 Å². The summed E-state index contributed by atoms with van der Waals surface area (Å²) < 4.78 is 18.8. The summed E-state index contributed by atoms with van der Waals surface area (Å²) >= 11 is 0. The van der Waals surface area contributed by atoms with Gasteiger partial charge in [-0.25, -0.2) is 4.39 Å². The maximum atomic E-state index is 13.2. The standard InChI is InChI=1S/C19H22FN3O2/c1-15(25-18-4-2-3-17(20)13-18)19(24)23-11-9-22(10-12-23)14-16-5-7-21-8-6-16/h2-8,13,15H,9-12,14H2,1H3. The molecule has 1 unspecified atom stereocenters. The van der Waals surface area contributed by atoms with Crippen molar-refractivity contribution >= 4 is 5.91 Å². The normalized spacial score (nSPS) is 16.5. The molecule has 132 valence electrons. The molecule has 3 rings (SSSR count). The molecule has 1 amide bonds. The van der Waals surface area contributed by atoms with E-state index >= 15 is 0 Å². The molecule has 5 nitrogen and oxygen atoms in total. The zero-order chi connectivity index (χ0) is 17.6. The molecule has 0 N–H and O–H groups in total. The third-order valence-corrected chi connectivity index (χ3v) is 4.30. The highest BCUT2D eigenvalue weighted by Crippen LogP contribution is 2.15. The number of carbonyl (C=O) groups excluding carboxylic acids is 1. The van der Waals surface area contributed by atoms with E-state index in [0.29, 0.717) is 18.8 Å². The summed E-state index contributed by atoms with van der Waals surface area (Å²) in [7, 11) is 0. The number of nitrogens with zero attached hydrogens (tertiary/aromatic N) is 3. The van der Waals surface area contributed by atoms with Crippen LogP contribution in [0.1, 0.15) is 12.5 Å². The molecule has 0 spiro atoms. The predicted octanol–water partition coefficient (Wildman–Crippen LogP) is 2.33. The topological polar surface area (TPSA) is 45.7 Å². The van der Waals surface area contributed by atoms with Crippen molar-refractivity contribution in [3.63, 3.8) is 0 Å². The van der Waals surface area contributed by atoms with Gasteiger partial charge in [-0.05, 0) is 36.8 Å². The Labute approximate surface area is 147 Å². The number of carbonyl (C=O) groups is 1. The van der Waals surface area contributed by atoms with Gasteiger partial charge >= 0.3 is 0 Å². The molecule has 1 aromatic heterocycles. The lowest BCUT2D eigenvalue weighted by Crippen LogP contribution is -2.51. The molecule has 6 heteroatoms. The van der Waals surface area contributed by atoms with Gasteiger partial charge in [-0.2, -0.15) is 0 Å². The number of hydrogen-bond donors (Lipinski definition) is 0. The molecule has 1 saturated heterocycles. The van der Waals surface area contributed by atoms with Crippen LogP contribution in [0.2, 0.25) is 0 Å². The number of aromatic nitrogens is 1. The predicted molar refractivity (Wildman–Crippen MR) is 92.6 cm³/mol. The fourth-order valence-corrected chi connectivity index (χ4v) is 2.92. The molecule has 2 aromatic rings. The Bertz CT molecular complexity index is 703. The summed E-state index contributed by atoms with van der Waals surface area (Å²) in [5.74, 6) is -0.0631. The van der Waals surface area contributed by atoms with Crippen molar-refractivity contribution in [1.29, 1.82) is 0 Å². The van der Waals surface area contributed by atoms with Crippen molar-refractivity contribution in [1.82, 2.24) is 14.8 Å². The van der Waals surface area contributed by atoms with E-state index in [4.69, 9.17) is 4.74 Å². The van der Waals surface area contributed by atoms with Crippen LogP contribution in [0.3, 0.4) is 0 Å². The summed E-state index contributed by atoms with van der Waals surface area (Å²) in [6.07, 6.45) is 2.95. The lowest BCUT2D eigenvalue weighted by Gasteiger charge is -2.35. The van der Waals surface area contributed by atoms with E-state index in [2.05, 4.69) is 9.88 Å². The van der Waals surface area contributed by atoms with Crippen LogP contribution < -0.4 is 4.74 Å². The Balaban J connectivity index is 1.49. The van der Waals surface area contributed by atoms with Crippen molar-refractivity contribution in [3.8, 4) is 5.75 Å². The zero-order valence-electron chi connectivity index (χ0n) is 14.3. The Hall–Kier alpha value is -2.47. The number of ether oxygens (including phenoxy) is 1. The van der Waals surface area contributed by atoms with Gasteiger partial charge in [-0.1, -0.05) is 6.07 Å². The number of halogens is 1. The maximum Gasteiger partial charge on any atom is 0.263 e. The fraction of sp³-hybridized carbons (Fsp3) is 0.368. The fourth-order valence-electron chi connectivity index (χ4n) is 2.92. The van der Waals surface area contributed by atoms with E-state index < -0.39 is 6.10 Å². The van der Waals surface area contributed by atoms with Crippen molar-refractivity contribution < 1.29 is 13.9 Å². The van der Waals surface area contributed by atoms with Gasteiger partial charge in [0.2, 0.25) is 0 Å². The van der Waals surface area contributed by atoms with Crippen LogP contribution in [0.25, 0.3) is 0 Å². The number of amides is 1. The Kier molecular flexibility index (Phi) is 5.60. The second-order valence-corrected chi connectivity index (χ2v) is 6.17. The molecular formula is C19H22FN3O2. The third-order valence-electron chi connectivity index (χ3n) is 4.30. The number of piperazine rings is 1. The number of rotatable bonds is 5. The summed E-state index contributed by atoms with van der Waals surface area (Å²) in [4.78, 5) is 20.7. The minimum Gasteiger partial charge on any atom is -0.481 e. The van der Waals surface area contributed by atoms with Crippen molar-refractivity contribution in [2.75, 3.05) is 26.2 Å². The Morgan fingerprint density at radius 1 is 1.20 bits per heavy atom. The van der Waals surface area contributed by atoms with Gasteiger partial charge in [0.15, 0.2) is 6.10 Å². The van der Waals surface area contributed by atoms with Gasteiger partial charge in [0.1, 0.15) is 11.6 Å². The first-order valence-corrected chi connectivity index (χ1v) is 8.44. The monoisotopic (exact) mass is 343 g/mol. The second-order valence-electron chi connectivity index (χ2n) is 6.17. The number of pyridine rings is 1. The highest BCUT2D eigenvalue weighted by atomic mass is 19.1. The summed E-state index contributed by atoms with van der Waals surface area (Å²) in [5.41, 5.74) is 1.22.